The van der Waals surface area contributed by atoms with Crippen molar-refractivity contribution in [3.05, 3.63) is 0 Å². The van der Waals surface area contributed by atoms with Crippen molar-refractivity contribution in [2.24, 2.45) is 0 Å². The average molecular weight is 205 g/mol. The molecule has 4 heteroatoms. The Balaban J connectivity index is 3.95. The summed E-state index contributed by atoms with van der Waals surface area (Å²) in [4.78, 5) is 12.8. The lowest BCUT2D eigenvalue weighted by molar-refractivity contribution is -0.142. The fourth-order valence-electron chi connectivity index (χ4n) is 1.20. The molecule has 0 saturated carbocycles. The molecule has 1 unspecified atom stereocenters. The summed E-state index contributed by atoms with van der Waals surface area (Å²) in [6.07, 6.45) is 3.68. The van der Waals surface area contributed by atoms with E-state index >= 15 is 0 Å². The van der Waals surface area contributed by atoms with Gasteiger partial charge in [-0.25, -0.2) is 0 Å². The van der Waals surface area contributed by atoms with Crippen LogP contribution in [0, 0.1) is 0 Å². The SMILES string of the molecule is CCCC(C(=O)O)N(C)CCSC. The second-order valence-electron chi connectivity index (χ2n) is 3.12. The number of nitrogens with zero attached hydrogens (tertiary/aromatic N) is 1. The van der Waals surface area contributed by atoms with E-state index in [1.165, 1.54) is 0 Å². The molecule has 13 heavy (non-hydrogen) atoms. The zero-order valence-corrected chi connectivity index (χ0v) is 9.43. The fraction of sp³-hybridized carbons (Fsp3) is 0.889. The smallest absolute Gasteiger partial charge is 0.320 e. The summed E-state index contributed by atoms with van der Waals surface area (Å²) >= 11 is 1.74. The summed E-state index contributed by atoms with van der Waals surface area (Å²) in [6, 6.07) is -0.308. The van der Waals surface area contributed by atoms with Gasteiger partial charge in [0.15, 0.2) is 0 Å². The van der Waals surface area contributed by atoms with E-state index in [1.807, 2.05) is 25.1 Å². The summed E-state index contributed by atoms with van der Waals surface area (Å²) in [5.74, 6) is 0.287. The first-order valence-corrected chi connectivity index (χ1v) is 5.94. The van der Waals surface area contributed by atoms with Crippen molar-refractivity contribution in [3.63, 3.8) is 0 Å². The summed E-state index contributed by atoms with van der Waals surface area (Å²) in [7, 11) is 1.88. The Hall–Kier alpha value is -0.220. The maximum Gasteiger partial charge on any atom is 0.320 e. The normalized spacial score (nSPS) is 13.2. The first-order chi connectivity index (χ1) is 6.13. The molecule has 78 valence electrons. The molecule has 0 amide bonds. The number of hydrogen-bond acceptors (Lipinski definition) is 3. The lowest BCUT2D eigenvalue weighted by atomic mass is 10.1. The van der Waals surface area contributed by atoms with Gasteiger partial charge in [0, 0.05) is 12.3 Å². The summed E-state index contributed by atoms with van der Waals surface area (Å²) in [6.45, 7) is 2.86. The van der Waals surface area contributed by atoms with Gasteiger partial charge in [-0.1, -0.05) is 13.3 Å². The van der Waals surface area contributed by atoms with Crippen LogP contribution in [0.3, 0.4) is 0 Å². The molecular weight excluding hydrogens is 186 g/mol. The molecule has 0 radical (unpaired) electrons. The Morgan fingerprint density at radius 2 is 2.23 bits per heavy atom. The van der Waals surface area contributed by atoms with Crippen LogP contribution in [0.25, 0.3) is 0 Å². The molecule has 1 N–H and O–H groups in total. The minimum absolute atomic E-state index is 0.308. The zero-order chi connectivity index (χ0) is 10.3. The average Bonchev–Trinajstić information content (AvgIpc) is 2.09. The largest absolute Gasteiger partial charge is 0.480 e. The number of thioether (sulfide) groups is 1. The van der Waals surface area contributed by atoms with Crippen molar-refractivity contribution >= 4 is 17.7 Å². The highest BCUT2D eigenvalue weighted by Crippen LogP contribution is 2.06. The van der Waals surface area contributed by atoms with Gasteiger partial charge in [0.25, 0.3) is 0 Å². The Morgan fingerprint density at radius 1 is 1.62 bits per heavy atom. The molecule has 0 aromatic carbocycles. The molecule has 1 atom stereocenters. The molecule has 0 aliphatic rings. The van der Waals surface area contributed by atoms with Crippen molar-refractivity contribution < 1.29 is 9.90 Å². The monoisotopic (exact) mass is 205 g/mol. The van der Waals surface area contributed by atoms with Crippen LogP contribution in [-0.4, -0.2) is 47.6 Å². The first-order valence-electron chi connectivity index (χ1n) is 4.55. The maximum absolute atomic E-state index is 10.8. The van der Waals surface area contributed by atoms with Gasteiger partial charge in [-0.05, 0) is 19.7 Å². The topological polar surface area (TPSA) is 40.5 Å². The molecule has 3 nitrogen and oxygen atoms in total. The third kappa shape index (κ3) is 5.16. The number of carbonyl (C=O) groups is 1. The van der Waals surface area contributed by atoms with Crippen molar-refractivity contribution in [2.75, 3.05) is 25.6 Å². The lowest BCUT2D eigenvalue weighted by Gasteiger charge is -2.23. The lowest BCUT2D eigenvalue weighted by Crippen LogP contribution is -2.39. The number of likely N-dealkylation sites (N-methyl/N-ethyl adjacent to an activating group) is 1. The van der Waals surface area contributed by atoms with Gasteiger partial charge in [0.1, 0.15) is 6.04 Å². The molecule has 0 aliphatic carbocycles. The van der Waals surface area contributed by atoms with Crippen molar-refractivity contribution in [1.82, 2.24) is 4.90 Å². The molecule has 0 aliphatic heterocycles. The summed E-state index contributed by atoms with van der Waals surface area (Å²) in [5, 5.41) is 8.93. The van der Waals surface area contributed by atoms with E-state index in [4.69, 9.17) is 5.11 Å². The van der Waals surface area contributed by atoms with E-state index in [-0.39, 0.29) is 6.04 Å². The number of rotatable bonds is 7. The van der Waals surface area contributed by atoms with Crippen LogP contribution >= 0.6 is 11.8 Å². The van der Waals surface area contributed by atoms with E-state index in [2.05, 4.69) is 0 Å². The van der Waals surface area contributed by atoms with Crippen LogP contribution in [0.2, 0.25) is 0 Å². The fourth-order valence-corrected chi connectivity index (χ4v) is 1.67. The van der Waals surface area contributed by atoms with Crippen LogP contribution in [-0.2, 0) is 4.79 Å². The number of aliphatic carboxylic acids is 1. The van der Waals surface area contributed by atoms with E-state index in [1.54, 1.807) is 11.8 Å². The Kier molecular flexibility index (Phi) is 7.09. The predicted molar refractivity (Wildman–Crippen MR) is 57.3 cm³/mol. The van der Waals surface area contributed by atoms with E-state index in [9.17, 15) is 4.79 Å². The highest BCUT2D eigenvalue weighted by molar-refractivity contribution is 7.98. The number of hydrogen-bond donors (Lipinski definition) is 1. The Bertz CT molecular complexity index is 153. The second-order valence-corrected chi connectivity index (χ2v) is 4.10. The van der Waals surface area contributed by atoms with E-state index in [0.29, 0.717) is 0 Å². The van der Waals surface area contributed by atoms with Crippen molar-refractivity contribution in [2.45, 2.75) is 25.8 Å². The maximum atomic E-state index is 10.8. The van der Waals surface area contributed by atoms with E-state index < -0.39 is 5.97 Å². The molecule has 0 fully saturated rings. The Morgan fingerprint density at radius 3 is 2.62 bits per heavy atom. The highest BCUT2D eigenvalue weighted by atomic mass is 32.2. The predicted octanol–water partition coefficient (Wildman–Crippen LogP) is 1.53. The molecule has 0 heterocycles. The van der Waals surface area contributed by atoms with Crippen LogP contribution in [0.4, 0.5) is 0 Å². The van der Waals surface area contributed by atoms with Gasteiger partial charge in [0.05, 0.1) is 0 Å². The highest BCUT2D eigenvalue weighted by Gasteiger charge is 2.20. The van der Waals surface area contributed by atoms with Crippen molar-refractivity contribution in [3.8, 4) is 0 Å². The minimum atomic E-state index is -0.703. The van der Waals surface area contributed by atoms with Crippen molar-refractivity contribution in [1.29, 1.82) is 0 Å². The van der Waals surface area contributed by atoms with Gasteiger partial charge in [0.2, 0.25) is 0 Å². The van der Waals surface area contributed by atoms with Gasteiger partial charge in [-0.2, -0.15) is 11.8 Å². The number of carboxylic acids is 1. The van der Waals surface area contributed by atoms with Crippen LogP contribution in [0.1, 0.15) is 19.8 Å². The molecular formula is C9H19NO2S. The van der Waals surface area contributed by atoms with Crippen LogP contribution < -0.4 is 0 Å². The van der Waals surface area contributed by atoms with Crippen LogP contribution in [0.15, 0.2) is 0 Å². The van der Waals surface area contributed by atoms with Crippen LogP contribution in [0.5, 0.6) is 0 Å². The van der Waals surface area contributed by atoms with E-state index in [0.717, 1.165) is 25.1 Å². The molecule has 0 spiro atoms. The number of carboxylic acid groups (broad SMARTS) is 1. The quantitative estimate of drug-likeness (QED) is 0.684. The Labute approximate surface area is 84.5 Å². The molecule has 0 aromatic rings. The third-order valence-electron chi connectivity index (χ3n) is 2.03. The standard InChI is InChI=1S/C9H19NO2S/c1-4-5-8(9(11)12)10(2)6-7-13-3/h8H,4-7H2,1-3H3,(H,11,12). The second kappa shape index (κ2) is 7.21. The minimum Gasteiger partial charge on any atom is -0.480 e. The molecule has 0 bridgehead atoms. The summed E-state index contributed by atoms with van der Waals surface area (Å²) < 4.78 is 0. The molecule has 0 rings (SSSR count). The molecule has 0 aromatic heterocycles. The third-order valence-corrected chi connectivity index (χ3v) is 2.62. The van der Waals surface area contributed by atoms with Gasteiger partial charge >= 0.3 is 5.97 Å². The molecule has 0 saturated heterocycles. The van der Waals surface area contributed by atoms with Gasteiger partial charge in [-0.3, -0.25) is 9.69 Å². The zero-order valence-electron chi connectivity index (χ0n) is 8.62. The summed E-state index contributed by atoms with van der Waals surface area (Å²) in [5.41, 5.74) is 0. The first kappa shape index (κ1) is 12.8. The van der Waals surface area contributed by atoms with Gasteiger partial charge < -0.3 is 5.11 Å². The van der Waals surface area contributed by atoms with Gasteiger partial charge in [-0.15, -0.1) is 0 Å².